The highest BCUT2D eigenvalue weighted by Gasteiger charge is 2.13. The molecule has 0 radical (unpaired) electrons. The highest BCUT2D eigenvalue weighted by molar-refractivity contribution is 7.90. The van der Waals surface area contributed by atoms with E-state index in [0.717, 1.165) is 4.31 Å². The van der Waals surface area contributed by atoms with Gasteiger partial charge in [-0.15, -0.1) is 0 Å². The number of nitrogen functional groups attached to an aromatic ring is 1. The third-order valence-electron chi connectivity index (χ3n) is 1.73. The molecule has 1 aromatic rings. The molecular formula is C8H12ClN3O2S. The van der Waals surface area contributed by atoms with Crippen LogP contribution in [-0.2, 0) is 10.2 Å². The molecule has 0 saturated heterocycles. The Morgan fingerprint density at radius 2 is 2.00 bits per heavy atom. The minimum absolute atomic E-state index is 0.314. The Hall–Kier alpha value is -0.980. The van der Waals surface area contributed by atoms with Gasteiger partial charge in [-0.2, -0.15) is 12.7 Å². The lowest BCUT2D eigenvalue weighted by molar-refractivity contribution is 0.527. The van der Waals surface area contributed by atoms with Crippen molar-refractivity contribution < 1.29 is 8.42 Å². The van der Waals surface area contributed by atoms with Crippen LogP contribution in [0, 0.1) is 0 Å². The summed E-state index contributed by atoms with van der Waals surface area (Å²) in [7, 11) is -0.633. The van der Waals surface area contributed by atoms with Gasteiger partial charge in [-0.3, -0.25) is 4.72 Å². The largest absolute Gasteiger partial charge is 0.398 e. The lowest BCUT2D eigenvalue weighted by atomic mass is 10.3. The van der Waals surface area contributed by atoms with E-state index in [1.54, 1.807) is 6.07 Å². The molecule has 0 amide bonds. The maximum atomic E-state index is 11.4. The number of hydrogen-bond acceptors (Lipinski definition) is 3. The minimum Gasteiger partial charge on any atom is -0.398 e. The summed E-state index contributed by atoms with van der Waals surface area (Å²) >= 11 is 5.75. The normalized spacial score (nSPS) is 11.7. The topological polar surface area (TPSA) is 75.4 Å². The number of nitrogens with one attached hydrogen (secondary N) is 1. The van der Waals surface area contributed by atoms with Crippen LogP contribution in [0.4, 0.5) is 11.4 Å². The predicted molar refractivity (Wildman–Crippen MR) is 62.1 cm³/mol. The van der Waals surface area contributed by atoms with Gasteiger partial charge in [0.2, 0.25) is 0 Å². The number of rotatable bonds is 3. The van der Waals surface area contributed by atoms with E-state index in [1.165, 1.54) is 26.2 Å². The predicted octanol–water partition coefficient (Wildman–Crippen LogP) is 1.14. The Balaban J connectivity index is 2.96. The Morgan fingerprint density at radius 1 is 1.40 bits per heavy atom. The van der Waals surface area contributed by atoms with Crippen LogP contribution >= 0.6 is 11.6 Å². The van der Waals surface area contributed by atoms with Crippen molar-refractivity contribution in [3.05, 3.63) is 23.2 Å². The average Bonchev–Trinajstić information content (AvgIpc) is 2.10. The van der Waals surface area contributed by atoms with Gasteiger partial charge in [-0.25, -0.2) is 0 Å². The number of anilines is 2. The fraction of sp³-hybridized carbons (Fsp3) is 0.250. The van der Waals surface area contributed by atoms with Crippen molar-refractivity contribution in [2.45, 2.75) is 0 Å². The minimum atomic E-state index is -3.50. The molecule has 5 nitrogen and oxygen atoms in total. The second-order valence-electron chi connectivity index (χ2n) is 3.13. The van der Waals surface area contributed by atoms with E-state index < -0.39 is 10.2 Å². The SMILES string of the molecule is CN(C)S(=O)(=O)Nc1ccc(N)c(Cl)c1. The number of halogens is 1. The molecule has 84 valence electrons. The molecule has 0 saturated carbocycles. The third kappa shape index (κ3) is 2.98. The summed E-state index contributed by atoms with van der Waals surface area (Å²) < 4.78 is 26.3. The zero-order valence-corrected chi connectivity index (χ0v) is 9.93. The van der Waals surface area contributed by atoms with Crippen LogP contribution in [0.25, 0.3) is 0 Å². The van der Waals surface area contributed by atoms with Crippen molar-refractivity contribution in [1.82, 2.24) is 4.31 Å². The van der Waals surface area contributed by atoms with E-state index in [4.69, 9.17) is 17.3 Å². The summed E-state index contributed by atoms with van der Waals surface area (Å²) in [5.41, 5.74) is 6.28. The van der Waals surface area contributed by atoms with Crippen molar-refractivity contribution >= 4 is 33.2 Å². The van der Waals surface area contributed by atoms with E-state index in [9.17, 15) is 8.42 Å². The molecule has 0 aliphatic carbocycles. The lowest BCUT2D eigenvalue weighted by Crippen LogP contribution is -2.28. The van der Waals surface area contributed by atoms with Crippen LogP contribution < -0.4 is 10.5 Å². The number of benzene rings is 1. The Morgan fingerprint density at radius 3 is 2.47 bits per heavy atom. The fourth-order valence-electron chi connectivity index (χ4n) is 0.831. The quantitative estimate of drug-likeness (QED) is 0.789. The number of nitrogens with two attached hydrogens (primary N) is 1. The monoisotopic (exact) mass is 249 g/mol. The molecule has 0 heterocycles. The molecule has 0 aromatic heterocycles. The van der Waals surface area contributed by atoms with Crippen LogP contribution in [0.15, 0.2) is 18.2 Å². The van der Waals surface area contributed by atoms with Gasteiger partial charge in [-0.1, -0.05) is 11.6 Å². The van der Waals surface area contributed by atoms with Crippen LogP contribution in [0.3, 0.4) is 0 Å². The molecule has 0 bridgehead atoms. The number of nitrogens with zero attached hydrogens (tertiary/aromatic N) is 1. The van der Waals surface area contributed by atoms with Gasteiger partial charge < -0.3 is 5.73 Å². The van der Waals surface area contributed by atoms with Gasteiger partial charge in [0, 0.05) is 14.1 Å². The molecule has 3 N–H and O–H groups in total. The fourth-order valence-corrected chi connectivity index (χ4v) is 1.62. The summed E-state index contributed by atoms with van der Waals surface area (Å²) in [6.07, 6.45) is 0. The first kappa shape index (κ1) is 12.1. The van der Waals surface area contributed by atoms with Crippen LogP contribution in [0.1, 0.15) is 0 Å². The van der Waals surface area contributed by atoms with Crippen molar-refractivity contribution in [3.63, 3.8) is 0 Å². The van der Waals surface area contributed by atoms with Gasteiger partial charge in [0.15, 0.2) is 0 Å². The molecule has 0 spiro atoms. The van der Waals surface area contributed by atoms with Crippen molar-refractivity contribution in [3.8, 4) is 0 Å². The summed E-state index contributed by atoms with van der Waals surface area (Å²) in [5.74, 6) is 0. The summed E-state index contributed by atoms with van der Waals surface area (Å²) in [5, 5.41) is 0.314. The van der Waals surface area contributed by atoms with Crippen molar-refractivity contribution in [1.29, 1.82) is 0 Å². The van der Waals surface area contributed by atoms with E-state index in [-0.39, 0.29) is 0 Å². The van der Waals surface area contributed by atoms with Crippen molar-refractivity contribution in [2.24, 2.45) is 0 Å². The van der Waals surface area contributed by atoms with Gasteiger partial charge in [0.1, 0.15) is 0 Å². The highest BCUT2D eigenvalue weighted by atomic mass is 35.5. The van der Waals surface area contributed by atoms with Gasteiger partial charge in [-0.05, 0) is 18.2 Å². The van der Waals surface area contributed by atoms with E-state index >= 15 is 0 Å². The summed E-state index contributed by atoms with van der Waals surface area (Å²) in [4.78, 5) is 0. The summed E-state index contributed by atoms with van der Waals surface area (Å²) in [6, 6.07) is 4.54. The Kier molecular flexibility index (Phi) is 3.43. The van der Waals surface area contributed by atoms with E-state index in [1.807, 2.05) is 0 Å². The molecule has 1 aromatic carbocycles. The third-order valence-corrected chi connectivity index (χ3v) is 3.51. The van der Waals surface area contributed by atoms with Gasteiger partial charge in [0.05, 0.1) is 16.4 Å². The standard InChI is InChI=1S/C8H12ClN3O2S/c1-12(2)15(13,14)11-6-3-4-8(10)7(9)5-6/h3-5,11H,10H2,1-2H3. The molecule has 0 atom stereocenters. The first-order valence-corrected chi connectivity index (χ1v) is 5.90. The average molecular weight is 250 g/mol. The zero-order valence-electron chi connectivity index (χ0n) is 8.36. The second-order valence-corrected chi connectivity index (χ2v) is 5.42. The highest BCUT2D eigenvalue weighted by Crippen LogP contribution is 2.23. The van der Waals surface area contributed by atoms with Crippen LogP contribution in [-0.4, -0.2) is 26.8 Å². The molecule has 15 heavy (non-hydrogen) atoms. The second kappa shape index (κ2) is 4.26. The summed E-state index contributed by atoms with van der Waals surface area (Å²) in [6.45, 7) is 0. The zero-order chi connectivity index (χ0) is 11.6. The van der Waals surface area contributed by atoms with Gasteiger partial charge in [0.25, 0.3) is 0 Å². The van der Waals surface area contributed by atoms with Crippen molar-refractivity contribution in [2.75, 3.05) is 24.6 Å². The first-order valence-electron chi connectivity index (χ1n) is 4.08. The maximum Gasteiger partial charge on any atom is 0.301 e. The molecule has 0 fully saturated rings. The maximum absolute atomic E-state index is 11.4. The van der Waals surface area contributed by atoms with Crippen LogP contribution in [0.2, 0.25) is 5.02 Å². The molecular weight excluding hydrogens is 238 g/mol. The van der Waals surface area contributed by atoms with E-state index in [2.05, 4.69) is 4.72 Å². The molecule has 7 heteroatoms. The smallest absolute Gasteiger partial charge is 0.301 e. The first-order chi connectivity index (χ1) is 6.83. The molecule has 1 rings (SSSR count). The Bertz CT molecular complexity index is 459. The number of hydrogen-bond donors (Lipinski definition) is 2. The Labute approximate surface area is 94.0 Å². The van der Waals surface area contributed by atoms with E-state index in [0.29, 0.717) is 16.4 Å². The molecule has 0 aliphatic rings. The van der Waals surface area contributed by atoms with Gasteiger partial charge >= 0.3 is 10.2 Å². The van der Waals surface area contributed by atoms with Crippen LogP contribution in [0.5, 0.6) is 0 Å². The molecule has 0 aliphatic heterocycles. The lowest BCUT2D eigenvalue weighted by Gasteiger charge is -2.13. The molecule has 0 unspecified atom stereocenters.